The molecule has 1 fully saturated rings. The third kappa shape index (κ3) is 5.75. The summed E-state index contributed by atoms with van der Waals surface area (Å²) in [6.45, 7) is 6.17. The summed E-state index contributed by atoms with van der Waals surface area (Å²) in [5, 5.41) is 13.1. The number of ether oxygens (including phenoxy) is 2. The summed E-state index contributed by atoms with van der Waals surface area (Å²) in [6, 6.07) is 16.5. The number of carbonyl (C=O) groups is 3. The van der Waals surface area contributed by atoms with E-state index in [0.717, 1.165) is 16.9 Å². The summed E-state index contributed by atoms with van der Waals surface area (Å²) in [4.78, 5) is 40.7. The molecule has 1 saturated heterocycles. The molecule has 1 N–H and O–H groups in total. The average Bonchev–Trinajstić information content (AvgIpc) is 3.49. The van der Waals surface area contributed by atoms with Gasteiger partial charge in [0.05, 0.1) is 24.7 Å². The number of thiophene rings is 1. The number of carbonyl (C=O) groups excluding carboxylic acids is 3. The van der Waals surface area contributed by atoms with Crippen LogP contribution in [-0.2, 0) is 25.5 Å². The van der Waals surface area contributed by atoms with Gasteiger partial charge in [-0.15, -0.1) is 11.3 Å². The van der Waals surface area contributed by atoms with Crippen LogP contribution in [0.1, 0.15) is 49.2 Å². The van der Waals surface area contributed by atoms with Gasteiger partial charge in [-0.1, -0.05) is 25.1 Å². The Morgan fingerprint density at radius 2 is 1.76 bits per heavy atom. The van der Waals surface area contributed by atoms with Gasteiger partial charge in [0.2, 0.25) is 0 Å². The smallest absolute Gasteiger partial charge is 0.310 e. The van der Waals surface area contributed by atoms with Gasteiger partial charge in [-0.2, -0.15) is 0 Å². The van der Waals surface area contributed by atoms with E-state index in [1.165, 1.54) is 16.2 Å². The molecule has 0 aliphatic carbocycles. The number of hydrogen-bond acceptors (Lipinski definition) is 7. The van der Waals surface area contributed by atoms with Gasteiger partial charge >= 0.3 is 5.97 Å². The average molecular weight is 520 g/mol. The van der Waals surface area contributed by atoms with Gasteiger partial charge in [-0.05, 0) is 73.7 Å². The molecule has 0 spiro atoms. The Morgan fingerprint density at radius 3 is 2.35 bits per heavy atom. The lowest BCUT2D eigenvalue weighted by Crippen LogP contribution is -2.29. The van der Waals surface area contributed by atoms with Crippen LogP contribution in [0.5, 0.6) is 5.75 Å². The maximum absolute atomic E-state index is 13.3. The summed E-state index contributed by atoms with van der Waals surface area (Å²) < 4.78 is 10.8. The topological polar surface area (TPSA) is 93.1 Å². The van der Waals surface area contributed by atoms with Crippen molar-refractivity contribution in [2.45, 2.75) is 45.8 Å². The molecule has 2 heterocycles. The fraction of sp³-hybridized carbons (Fsp3) is 0.276. The number of ketones is 1. The minimum absolute atomic E-state index is 0.0271. The van der Waals surface area contributed by atoms with Crippen molar-refractivity contribution in [3.05, 3.63) is 87.6 Å². The molecule has 1 aromatic heterocycles. The van der Waals surface area contributed by atoms with Gasteiger partial charge in [0.1, 0.15) is 17.6 Å². The van der Waals surface area contributed by atoms with Crippen molar-refractivity contribution in [2.75, 3.05) is 11.5 Å². The Labute approximate surface area is 220 Å². The molecule has 1 unspecified atom stereocenters. The molecule has 0 radical (unpaired) electrons. The molecule has 0 bridgehead atoms. The predicted octanol–water partition coefficient (Wildman–Crippen LogP) is 5.66. The standard InChI is InChI=1S/C29H29NO6S/c1-4-15-35-22-13-9-20(10-14-22)27(32)25-26(23-6-5-16-37-23)30(29(34)28(25)33)21-11-7-19(8-12-21)17-24(31)36-18(2)3/h5-14,16,18,26,32H,4,15,17H2,1-3H3/b27-25-. The summed E-state index contributed by atoms with van der Waals surface area (Å²) in [5.74, 6) is -1.41. The third-order valence-corrected chi connectivity index (χ3v) is 6.71. The van der Waals surface area contributed by atoms with E-state index < -0.39 is 17.7 Å². The molecule has 8 heteroatoms. The van der Waals surface area contributed by atoms with Crippen LogP contribution < -0.4 is 9.64 Å². The number of esters is 1. The Balaban J connectivity index is 1.69. The number of anilines is 1. The van der Waals surface area contributed by atoms with Crippen molar-refractivity contribution in [1.29, 1.82) is 0 Å². The Kier molecular flexibility index (Phi) is 8.08. The molecule has 37 heavy (non-hydrogen) atoms. The number of aliphatic hydroxyl groups excluding tert-OH is 1. The fourth-order valence-corrected chi connectivity index (χ4v) is 4.97. The molecule has 3 aromatic rings. The first-order valence-corrected chi connectivity index (χ1v) is 13.0. The normalized spacial score (nSPS) is 16.9. The first-order chi connectivity index (χ1) is 17.8. The monoisotopic (exact) mass is 519 g/mol. The molecule has 1 atom stereocenters. The van der Waals surface area contributed by atoms with Crippen molar-refractivity contribution in [3.63, 3.8) is 0 Å². The summed E-state index contributed by atoms with van der Waals surface area (Å²) >= 11 is 1.40. The van der Waals surface area contributed by atoms with Crippen molar-refractivity contribution in [2.24, 2.45) is 0 Å². The zero-order chi connectivity index (χ0) is 26.5. The van der Waals surface area contributed by atoms with Gasteiger partial charge in [0.25, 0.3) is 11.7 Å². The lowest BCUT2D eigenvalue weighted by molar-refractivity contribution is -0.146. The summed E-state index contributed by atoms with van der Waals surface area (Å²) in [6.07, 6.45) is 0.767. The minimum Gasteiger partial charge on any atom is -0.507 e. The summed E-state index contributed by atoms with van der Waals surface area (Å²) in [7, 11) is 0. The molecule has 0 saturated carbocycles. The summed E-state index contributed by atoms with van der Waals surface area (Å²) in [5.41, 5.74) is 1.66. The largest absolute Gasteiger partial charge is 0.507 e. The number of nitrogens with zero attached hydrogens (tertiary/aromatic N) is 1. The molecule has 1 aliphatic heterocycles. The second kappa shape index (κ2) is 11.4. The first-order valence-electron chi connectivity index (χ1n) is 12.2. The van der Waals surface area contributed by atoms with E-state index in [1.54, 1.807) is 62.4 Å². The Hall–Kier alpha value is -3.91. The molecule has 192 valence electrons. The van der Waals surface area contributed by atoms with Crippen molar-refractivity contribution >= 4 is 40.4 Å². The minimum atomic E-state index is -0.784. The molecular weight excluding hydrogens is 490 g/mol. The predicted molar refractivity (Wildman–Crippen MR) is 143 cm³/mol. The quantitative estimate of drug-likeness (QED) is 0.170. The van der Waals surface area contributed by atoms with Gasteiger partial charge in [0, 0.05) is 16.1 Å². The van der Waals surface area contributed by atoms with E-state index in [0.29, 0.717) is 23.6 Å². The van der Waals surface area contributed by atoms with Crippen LogP contribution in [0, 0.1) is 0 Å². The zero-order valence-electron chi connectivity index (χ0n) is 21.0. The van der Waals surface area contributed by atoms with Gasteiger partial charge < -0.3 is 14.6 Å². The van der Waals surface area contributed by atoms with Crippen LogP contribution in [0.2, 0.25) is 0 Å². The number of Topliss-reactive ketones (excluding diaryl/α,β-unsaturated/α-hetero) is 1. The number of aliphatic hydroxyl groups is 1. The lowest BCUT2D eigenvalue weighted by atomic mass is 9.99. The van der Waals surface area contributed by atoms with E-state index in [-0.39, 0.29) is 29.8 Å². The van der Waals surface area contributed by atoms with Crippen LogP contribution in [-0.4, -0.2) is 35.5 Å². The maximum Gasteiger partial charge on any atom is 0.310 e. The molecule has 1 aliphatic rings. The highest BCUT2D eigenvalue weighted by atomic mass is 32.1. The van der Waals surface area contributed by atoms with E-state index in [2.05, 4.69) is 0 Å². The maximum atomic E-state index is 13.3. The number of rotatable bonds is 9. The fourth-order valence-electron chi connectivity index (χ4n) is 4.14. The molecule has 2 aromatic carbocycles. The molecule has 4 rings (SSSR count). The highest BCUT2D eigenvalue weighted by molar-refractivity contribution is 7.10. The number of hydrogen-bond donors (Lipinski definition) is 1. The van der Waals surface area contributed by atoms with Crippen LogP contribution in [0.4, 0.5) is 5.69 Å². The van der Waals surface area contributed by atoms with Gasteiger partial charge in [0.15, 0.2) is 0 Å². The van der Waals surface area contributed by atoms with E-state index in [9.17, 15) is 19.5 Å². The molecule has 7 nitrogen and oxygen atoms in total. The van der Waals surface area contributed by atoms with Gasteiger partial charge in [-0.25, -0.2) is 0 Å². The van der Waals surface area contributed by atoms with Crippen molar-refractivity contribution in [1.82, 2.24) is 0 Å². The Morgan fingerprint density at radius 1 is 1.05 bits per heavy atom. The zero-order valence-corrected chi connectivity index (χ0v) is 21.8. The van der Waals surface area contributed by atoms with E-state index in [4.69, 9.17) is 9.47 Å². The SMILES string of the molecule is CCCOc1ccc(/C(O)=C2/C(=O)C(=O)N(c3ccc(CC(=O)OC(C)C)cc3)C2c2cccs2)cc1. The number of benzene rings is 2. The van der Waals surface area contributed by atoms with Crippen molar-refractivity contribution in [3.8, 4) is 5.75 Å². The van der Waals surface area contributed by atoms with Crippen molar-refractivity contribution < 1.29 is 29.0 Å². The highest BCUT2D eigenvalue weighted by Crippen LogP contribution is 2.43. The lowest BCUT2D eigenvalue weighted by Gasteiger charge is -2.24. The van der Waals surface area contributed by atoms with Crippen LogP contribution in [0.15, 0.2) is 71.6 Å². The number of amides is 1. The van der Waals surface area contributed by atoms with Crippen LogP contribution >= 0.6 is 11.3 Å². The van der Waals surface area contributed by atoms with Crippen LogP contribution in [0.25, 0.3) is 5.76 Å². The molecular formula is C29H29NO6S. The Bertz CT molecular complexity index is 1290. The molecule has 1 amide bonds. The third-order valence-electron chi connectivity index (χ3n) is 5.79. The van der Waals surface area contributed by atoms with E-state index in [1.807, 2.05) is 24.4 Å². The second-order valence-corrected chi connectivity index (χ2v) is 9.92. The van der Waals surface area contributed by atoms with Gasteiger partial charge in [-0.3, -0.25) is 19.3 Å². The van der Waals surface area contributed by atoms with E-state index >= 15 is 0 Å². The first kappa shape index (κ1) is 26.2. The highest BCUT2D eigenvalue weighted by Gasteiger charge is 2.47. The van der Waals surface area contributed by atoms with Crippen LogP contribution in [0.3, 0.4) is 0 Å². The second-order valence-electron chi connectivity index (χ2n) is 8.94.